The number of benzene rings is 2. The number of ketones is 1. The number of carboxylic acid groups (broad SMARTS) is 1. The third kappa shape index (κ3) is 6.03. The lowest BCUT2D eigenvalue weighted by Gasteiger charge is -2.39. The molecule has 1 unspecified atom stereocenters. The zero-order valence-electron chi connectivity index (χ0n) is 23.8. The normalized spacial score (nSPS) is 26.3. The zero-order chi connectivity index (χ0) is 30.4. The number of aliphatic hydroxyl groups is 3. The monoisotopic (exact) mass is 568 g/mol. The van der Waals surface area contributed by atoms with Crippen LogP contribution in [-0.4, -0.2) is 75.0 Å². The highest BCUT2D eigenvalue weighted by Gasteiger charge is 2.48. The largest absolute Gasteiger partial charge is 0.479 e. The Morgan fingerprint density at radius 3 is 2.17 bits per heavy atom. The Morgan fingerprint density at radius 1 is 0.927 bits per heavy atom. The molecule has 6 atom stereocenters. The number of hydrogen-bond donors (Lipinski definition) is 5. The molecule has 0 saturated carbocycles. The van der Waals surface area contributed by atoms with Crippen molar-refractivity contribution in [1.29, 1.82) is 0 Å². The molecule has 2 aromatic carbocycles. The van der Waals surface area contributed by atoms with Crippen LogP contribution in [0.5, 0.6) is 5.75 Å². The number of rotatable bonds is 5. The third-order valence-corrected chi connectivity index (χ3v) is 7.15. The Morgan fingerprint density at radius 2 is 1.56 bits per heavy atom. The summed E-state index contributed by atoms with van der Waals surface area (Å²) < 4.78 is 11.3. The molecule has 2 heterocycles. The SMILES string of the molecule is CC(C)(C)c1cc(C(C)(C)C)c(O[C@@H]2O[C@H](C(=O)O)[C@@H](O)[C@H](O)[C@H]2O)cc1NC(=O)C1C=Nc2ccccc2C1=O. The van der Waals surface area contributed by atoms with Crippen LogP contribution in [-0.2, 0) is 25.2 Å². The van der Waals surface area contributed by atoms with E-state index in [0.717, 1.165) is 5.56 Å². The molecule has 2 aromatic rings. The molecule has 11 heteroatoms. The number of aliphatic carboxylic acids is 1. The average molecular weight is 569 g/mol. The number of anilines is 1. The van der Waals surface area contributed by atoms with Gasteiger partial charge in [-0.15, -0.1) is 0 Å². The number of carboxylic acids is 1. The number of nitrogens with zero attached hydrogens (tertiary/aromatic N) is 1. The average Bonchev–Trinajstić information content (AvgIpc) is 2.87. The number of nitrogens with one attached hydrogen (secondary N) is 1. The number of para-hydroxylation sites is 1. The molecule has 0 radical (unpaired) electrons. The third-order valence-electron chi connectivity index (χ3n) is 7.15. The van der Waals surface area contributed by atoms with Gasteiger partial charge in [0.1, 0.15) is 30.0 Å². The van der Waals surface area contributed by atoms with Crippen LogP contribution in [0.25, 0.3) is 0 Å². The standard InChI is InChI=1S/C30H36N2O9/c1-29(2,3)16-11-17(30(4,5)6)20(40-28-24(36)22(34)23(35)25(41-28)27(38)39)12-19(16)32-26(37)15-13-31-18-10-8-7-9-14(18)21(15)33/h7-13,15,22-25,28,34-36H,1-6H3,(H,32,37)(H,38,39)/t15?,22-,23-,24+,25-,28+/m0/s1. The van der Waals surface area contributed by atoms with Gasteiger partial charge in [-0.3, -0.25) is 14.6 Å². The fourth-order valence-corrected chi connectivity index (χ4v) is 4.84. The molecular weight excluding hydrogens is 532 g/mol. The number of aliphatic hydroxyl groups excluding tert-OH is 3. The lowest BCUT2D eigenvalue weighted by atomic mass is 9.79. The highest BCUT2D eigenvalue weighted by atomic mass is 16.7. The van der Waals surface area contributed by atoms with E-state index in [1.165, 1.54) is 12.3 Å². The van der Waals surface area contributed by atoms with Crippen molar-refractivity contribution >= 4 is 35.2 Å². The summed E-state index contributed by atoms with van der Waals surface area (Å²) in [5.74, 6) is -3.55. The van der Waals surface area contributed by atoms with Crippen LogP contribution >= 0.6 is 0 Å². The van der Waals surface area contributed by atoms with E-state index in [-0.39, 0.29) is 11.5 Å². The van der Waals surface area contributed by atoms with Crippen LogP contribution in [0.1, 0.15) is 63.0 Å². The zero-order valence-corrected chi connectivity index (χ0v) is 23.8. The minimum Gasteiger partial charge on any atom is -0.479 e. The first-order chi connectivity index (χ1) is 19.0. The van der Waals surface area contributed by atoms with Crippen molar-refractivity contribution in [2.75, 3.05) is 5.32 Å². The second-order valence-corrected chi connectivity index (χ2v) is 12.4. The molecule has 0 aliphatic carbocycles. The molecule has 41 heavy (non-hydrogen) atoms. The lowest BCUT2D eigenvalue weighted by molar-refractivity contribution is -0.271. The van der Waals surface area contributed by atoms with E-state index in [1.807, 2.05) is 47.6 Å². The van der Waals surface area contributed by atoms with Crippen LogP contribution in [0.3, 0.4) is 0 Å². The lowest BCUT2D eigenvalue weighted by Crippen LogP contribution is -2.61. The Balaban J connectivity index is 1.74. The van der Waals surface area contributed by atoms with Crippen molar-refractivity contribution in [3.05, 3.63) is 53.1 Å². The summed E-state index contributed by atoms with van der Waals surface area (Å²) in [6, 6.07) is 10.1. The quantitative estimate of drug-likeness (QED) is 0.340. The Kier molecular flexibility index (Phi) is 8.12. The number of aliphatic imine (C=N–C) groups is 1. The molecule has 2 aliphatic heterocycles. The maximum Gasteiger partial charge on any atom is 0.335 e. The first-order valence-electron chi connectivity index (χ1n) is 13.3. The molecule has 4 rings (SSSR count). The molecular formula is C30H36N2O9. The highest BCUT2D eigenvalue weighted by Crippen LogP contribution is 2.41. The van der Waals surface area contributed by atoms with Crippen LogP contribution < -0.4 is 10.1 Å². The van der Waals surface area contributed by atoms with E-state index in [9.17, 15) is 34.8 Å². The van der Waals surface area contributed by atoms with E-state index < -0.39 is 59.3 Å². The Bertz CT molecular complexity index is 1390. The van der Waals surface area contributed by atoms with Gasteiger partial charge in [0, 0.05) is 29.1 Å². The second kappa shape index (κ2) is 11.0. The summed E-state index contributed by atoms with van der Waals surface area (Å²) in [4.78, 5) is 42.4. The molecule has 0 spiro atoms. The van der Waals surface area contributed by atoms with Crippen LogP contribution in [0.15, 0.2) is 41.4 Å². The minimum atomic E-state index is -1.87. The topological polar surface area (TPSA) is 175 Å². The maximum atomic E-state index is 13.4. The number of carbonyl (C=O) groups is 3. The Hall–Kier alpha value is -3.64. The molecule has 11 nitrogen and oxygen atoms in total. The fourth-order valence-electron chi connectivity index (χ4n) is 4.84. The summed E-state index contributed by atoms with van der Waals surface area (Å²) in [5.41, 5.74) is 1.52. The number of ether oxygens (including phenoxy) is 2. The summed E-state index contributed by atoms with van der Waals surface area (Å²) in [7, 11) is 0. The van der Waals surface area contributed by atoms with Crippen molar-refractivity contribution in [3.8, 4) is 5.75 Å². The molecule has 0 aromatic heterocycles. The van der Waals surface area contributed by atoms with Gasteiger partial charge >= 0.3 is 5.97 Å². The van der Waals surface area contributed by atoms with Gasteiger partial charge in [0.25, 0.3) is 0 Å². The molecule has 1 saturated heterocycles. The highest BCUT2D eigenvalue weighted by molar-refractivity contribution is 6.25. The summed E-state index contributed by atoms with van der Waals surface area (Å²) >= 11 is 0. The first kappa shape index (κ1) is 30.3. The van der Waals surface area contributed by atoms with E-state index >= 15 is 0 Å². The van der Waals surface area contributed by atoms with Gasteiger partial charge in [-0.2, -0.15) is 0 Å². The number of carbonyl (C=O) groups excluding carboxylic acids is 2. The number of fused-ring (bicyclic) bond motifs is 1. The van der Waals surface area contributed by atoms with Gasteiger partial charge < -0.3 is 35.2 Å². The predicted molar refractivity (Wildman–Crippen MR) is 150 cm³/mol. The van der Waals surface area contributed by atoms with Gasteiger partial charge in [-0.05, 0) is 34.6 Å². The van der Waals surface area contributed by atoms with Crippen LogP contribution in [0.2, 0.25) is 0 Å². The fraction of sp³-hybridized carbons (Fsp3) is 0.467. The Labute approximate surface area is 237 Å². The van der Waals surface area contributed by atoms with Gasteiger partial charge in [-0.25, -0.2) is 4.79 Å². The van der Waals surface area contributed by atoms with Gasteiger partial charge in [0.05, 0.1) is 5.69 Å². The second-order valence-electron chi connectivity index (χ2n) is 12.4. The molecule has 220 valence electrons. The van der Waals surface area contributed by atoms with Crippen LogP contribution in [0.4, 0.5) is 11.4 Å². The van der Waals surface area contributed by atoms with E-state index in [2.05, 4.69) is 10.3 Å². The van der Waals surface area contributed by atoms with Gasteiger partial charge in [0.15, 0.2) is 11.9 Å². The molecule has 5 N–H and O–H groups in total. The number of hydrogen-bond acceptors (Lipinski definition) is 9. The molecule has 1 fully saturated rings. The summed E-state index contributed by atoms with van der Waals surface area (Å²) in [6.07, 6.45) is -7.68. The van der Waals surface area contributed by atoms with Crippen molar-refractivity contribution in [2.24, 2.45) is 10.9 Å². The van der Waals surface area contributed by atoms with Gasteiger partial charge in [-0.1, -0.05) is 53.7 Å². The van der Waals surface area contributed by atoms with Crippen molar-refractivity contribution in [2.45, 2.75) is 83.1 Å². The molecule has 2 aliphatic rings. The van der Waals surface area contributed by atoms with E-state index in [0.29, 0.717) is 22.5 Å². The predicted octanol–water partition coefficient (Wildman–Crippen LogP) is 2.71. The molecule has 0 bridgehead atoms. The van der Waals surface area contributed by atoms with Crippen molar-refractivity contribution in [3.63, 3.8) is 0 Å². The van der Waals surface area contributed by atoms with Crippen molar-refractivity contribution in [1.82, 2.24) is 0 Å². The summed E-state index contributed by atoms with van der Waals surface area (Å²) in [5, 5.41) is 43.2. The van der Waals surface area contributed by atoms with Crippen LogP contribution in [0, 0.1) is 5.92 Å². The van der Waals surface area contributed by atoms with Gasteiger partial charge in [0.2, 0.25) is 12.2 Å². The minimum absolute atomic E-state index is 0.145. The number of Topliss-reactive ketones (excluding diaryl/α,β-unsaturated/α-hetero) is 1. The molecule has 1 amide bonds. The first-order valence-corrected chi connectivity index (χ1v) is 13.3. The summed E-state index contributed by atoms with van der Waals surface area (Å²) in [6.45, 7) is 11.6. The van der Waals surface area contributed by atoms with Crippen molar-refractivity contribution < 1.29 is 44.3 Å². The number of amides is 1. The van der Waals surface area contributed by atoms with E-state index in [4.69, 9.17) is 9.47 Å². The van der Waals surface area contributed by atoms with E-state index in [1.54, 1.807) is 24.3 Å². The smallest absolute Gasteiger partial charge is 0.335 e. The maximum absolute atomic E-state index is 13.4.